The van der Waals surface area contributed by atoms with Crippen molar-refractivity contribution in [2.24, 2.45) is 5.41 Å². The predicted octanol–water partition coefficient (Wildman–Crippen LogP) is 2.38. The molecule has 0 unspecified atom stereocenters. The van der Waals surface area contributed by atoms with E-state index >= 15 is 0 Å². The molecule has 0 N–H and O–H groups in total. The van der Waals surface area contributed by atoms with E-state index in [-0.39, 0.29) is 11.8 Å². The Balaban J connectivity index is 1.49. The van der Waals surface area contributed by atoms with Crippen LogP contribution >= 0.6 is 11.8 Å². The van der Waals surface area contributed by atoms with Gasteiger partial charge in [0.2, 0.25) is 11.8 Å². The molecule has 2 saturated heterocycles. The molecule has 0 bridgehead atoms. The van der Waals surface area contributed by atoms with Crippen molar-refractivity contribution < 1.29 is 9.59 Å². The molecule has 4 rings (SSSR count). The molecule has 0 aromatic carbocycles. The number of hydrogen-bond donors (Lipinski definition) is 0. The number of hydrogen-bond acceptors (Lipinski definition) is 4. The third-order valence-corrected chi connectivity index (χ3v) is 6.52. The van der Waals surface area contributed by atoms with Crippen molar-refractivity contribution in [2.75, 3.05) is 11.5 Å². The second kappa shape index (κ2) is 5.41. The summed E-state index contributed by atoms with van der Waals surface area (Å²) in [7, 11) is 0. The third kappa shape index (κ3) is 2.28. The van der Waals surface area contributed by atoms with E-state index in [1.165, 1.54) is 30.6 Å². The normalized spacial score (nSPS) is 29.4. The van der Waals surface area contributed by atoms with Crippen molar-refractivity contribution >= 4 is 23.6 Å². The molecular weight excluding hydrogens is 298 g/mol. The Morgan fingerprint density at radius 1 is 1.32 bits per heavy atom. The zero-order valence-electron chi connectivity index (χ0n) is 12.7. The minimum Gasteiger partial charge on any atom is -0.276 e. The van der Waals surface area contributed by atoms with Gasteiger partial charge in [0.05, 0.1) is 23.7 Å². The molecule has 1 aromatic heterocycles. The maximum Gasteiger partial charge on any atom is 0.237 e. The zero-order chi connectivity index (χ0) is 15.2. The second-order valence-electron chi connectivity index (χ2n) is 6.77. The molecule has 1 spiro atoms. The largest absolute Gasteiger partial charge is 0.276 e. The highest BCUT2D eigenvalue weighted by atomic mass is 32.2. The van der Waals surface area contributed by atoms with Gasteiger partial charge in [0.25, 0.3) is 0 Å². The zero-order valence-corrected chi connectivity index (χ0v) is 13.5. The number of amides is 2. The van der Waals surface area contributed by atoms with Crippen LogP contribution in [0.15, 0.2) is 12.3 Å². The number of likely N-dealkylation sites (tertiary alicyclic amines) is 1. The summed E-state index contributed by atoms with van der Waals surface area (Å²) in [5.41, 5.74) is 0.423. The Morgan fingerprint density at radius 2 is 2.14 bits per heavy atom. The lowest BCUT2D eigenvalue weighted by Crippen LogP contribution is -2.35. The first kappa shape index (κ1) is 14.3. The third-order valence-electron chi connectivity index (χ3n) is 5.28. The van der Waals surface area contributed by atoms with Crippen molar-refractivity contribution in [2.45, 2.75) is 51.1 Å². The minimum atomic E-state index is -0.407. The van der Waals surface area contributed by atoms with Gasteiger partial charge in [0, 0.05) is 18.4 Å². The van der Waals surface area contributed by atoms with Crippen LogP contribution in [0.1, 0.15) is 50.3 Å². The Hall–Kier alpha value is -1.30. The fourth-order valence-corrected chi connectivity index (χ4v) is 5.37. The Morgan fingerprint density at radius 3 is 2.86 bits per heavy atom. The Labute approximate surface area is 134 Å². The molecule has 2 amide bonds. The predicted molar refractivity (Wildman–Crippen MR) is 84.3 cm³/mol. The number of carbonyl (C=O) groups excluding carboxylic acids is 2. The van der Waals surface area contributed by atoms with Crippen LogP contribution in [0.3, 0.4) is 0 Å². The van der Waals surface area contributed by atoms with Crippen LogP contribution in [-0.2, 0) is 16.1 Å². The fraction of sp³-hybridized carbons (Fsp3) is 0.688. The van der Waals surface area contributed by atoms with Gasteiger partial charge in [-0.2, -0.15) is 16.9 Å². The van der Waals surface area contributed by atoms with E-state index in [0.29, 0.717) is 19.0 Å². The summed E-state index contributed by atoms with van der Waals surface area (Å²) in [4.78, 5) is 26.4. The van der Waals surface area contributed by atoms with Gasteiger partial charge in [-0.1, -0.05) is 12.8 Å². The summed E-state index contributed by atoms with van der Waals surface area (Å²) >= 11 is 1.79. The Kier molecular flexibility index (Phi) is 3.51. The monoisotopic (exact) mass is 319 g/mol. The molecule has 6 heteroatoms. The summed E-state index contributed by atoms with van der Waals surface area (Å²) in [6.07, 6.45) is 8.13. The topological polar surface area (TPSA) is 55.2 Å². The van der Waals surface area contributed by atoms with E-state index in [1.54, 1.807) is 11.8 Å². The molecule has 3 heterocycles. The quantitative estimate of drug-likeness (QED) is 0.803. The van der Waals surface area contributed by atoms with Gasteiger partial charge < -0.3 is 0 Å². The molecule has 5 nitrogen and oxygen atoms in total. The highest BCUT2D eigenvalue weighted by Gasteiger charge is 2.53. The molecule has 0 radical (unpaired) electrons. The summed E-state index contributed by atoms with van der Waals surface area (Å²) in [5, 5.41) is 4.61. The van der Waals surface area contributed by atoms with Crippen molar-refractivity contribution in [1.29, 1.82) is 0 Å². The van der Waals surface area contributed by atoms with Crippen molar-refractivity contribution in [1.82, 2.24) is 14.7 Å². The van der Waals surface area contributed by atoms with Crippen LogP contribution in [-0.4, -0.2) is 38.0 Å². The first-order valence-electron chi connectivity index (χ1n) is 8.15. The van der Waals surface area contributed by atoms with E-state index in [0.717, 1.165) is 23.6 Å². The van der Waals surface area contributed by atoms with Gasteiger partial charge in [0.15, 0.2) is 0 Å². The standard InChI is InChI=1S/C16H21N3O2S/c20-14-9-16(6-8-22-11-16)15(21)18(14)10-12-5-7-19(17-12)13-3-1-2-4-13/h5,7,13H,1-4,6,8-11H2/t16-/m1/s1. The highest BCUT2D eigenvalue weighted by molar-refractivity contribution is 7.99. The van der Waals surface area contributed by atoms with Crippen molar-refractivity contribution in [3.63, 3.8) is 0 Å². The maximum atomic E-state index is 12.7. The lowest BCUT2D eigenvalue weighted by molar-refractivity contribution is -0.141. The Bertz CT molecular complexity index is 600. The molecule has 2 aliphatic heterocycles. The molecule has 1 aliphatic carbocycles. The van der Waals surface area contributed by atoms with Crippen LogP contribution in [0, 0.1) is 5.41 Å². The molecule has 3 fully saturated rings. The fourth-order valence-electron chi connectivity index (χ4n) is 3.93. The number of rotatable bonds is 3. The summed E-state index contributed by atoms with van der Waals surface area (Å²) in [5.74, 6) is 1.79. The van der Waals surface area contributed by atoms with Gasteiger partial charge in [-0.3, -0.25) is 19.2 Å². The highest BCUT2D eigenvalue weighted by Crippen LogP contribution is 2.45. The van der Waals surface area contributed by atoms with E-state index in [2.05, 4.69) is 5.10 Å². The molecule has 22 heavy (non-hydrogen) atoms. The first-order chi connectivity index (χ1) is 10.7. The van der Waals surface area contributed by atoms with Gasteiger partial charge in [-0.15, -0.1) is 0 Å². The average molecular weight is 319 g/mol. The average Bonchev–Trinajstić information content (AvgIpc) is 3.25. The smallest absolute Gasteiger partial charge is 0.237 e. The summed E-state index contributed by atoms with van der Waals surface area (Å²) in [6, 6.07) is 2.45. The van der Waals surface area contributed by atoms with Crippen LogP contribution in [0.2, 0.25) is 0 Å². The van der Waals surface area contributed by atoms with E-state index < -0.39 is 5.41 Å². The summed E-state index contributed by atoms with van der Waals surface area (Å²) < 4.78 is 2.02. The molecule has 118 valence electrons. The molecule has 1 saturated carbocycles. The lowest BCUT2D eigenvalue weighted by Gasteiger charge is -2.19. The molecule has 3 aliphatic rings. The maximum absolute atomic E-state index is 12.7. The van der Waals surface area contributed by atoms with Crippen molar-refractivity contribution in [3.8, 4) is 0 Å². The number of carbonyl (C=O) groups is 2. The molecular formula is C16H21N3O2S. The summed E-state index contributed by atoms with van der Waals surface area (Å²) in [6.45, 7) is 0.337. The van der Waals surface area contributed by atoms with Gasteiger partial charge in [-0.25, -0.2) is 0 Å². The van der Waals surface area contributed by atoms with E-state index in [1.807, 2.05) is 16.9 Å². The lowest BCUT2D eigenvalue weighted by atomic mass is 9.86. The number of aromatic nitrogens is 2. The van der Waals surface area contributed by atoms with Crippen LogP contribution in [0.5, 0.6) is 0 Å². The SMILES string of the molecule is O=C1C[C@@]2(CCSC2)C(=O)N1Cc1ccn(C2CCCC2)n1. The first-order valence-corrected chi connectivity index (χ1v) is 9.30. The van der Waals surface area contributed by atoms with Crippen LogP contribution < -0.4 is 0 Å². The van der Waals surface area contributed by atoms with E-state index in [9.17, 15) is 9.59 Å². The molecule has 1 aromatic rings. The van der Waals surface area contributed by atoms with Crippen molar-refractivity contribution in [3.05, 3.63) is 18.0 Å². The van der Waals surface area contributed by atoms with Crippen LogP contribution in [0.25, 0.3) is 0 Å². The van der Waals surface area contributed by atoms with E-state index in [4.69, 9.17) is 0 Å². The second-order valence-corrected chi connectivity index (χ2v) is 7.88. The van der Waals surface area contributed by atoms with Gasteiger partial charge in [-0.05, 0) is 31.1 Å². The number of imide groups is 1. The van der Waals surface area contributed by atoms with Gasteiger partial charge >= 0.3 is 0 Å². The minimum absolute atomic E-state index is 0.0251. The van der Waals surface area contributed by atoms with Gasteiger partial charge in [0.1, 0.15) is 0 Å². The number of thioether (sulfide) groups is 1. The molecule has 1 atom stereocenters. The van der Waals surface area contributed by atoms with Crippen LogP contribution in [0.4, 0.5) is 0 Å². The number of nitrogens with zero attached hydrogens (tertiary/aromatic N) is 3.